The van der Waals surface area contributed by atoms with Crippen LogP contribution in [0.3, 0.4) is 0 Å². The molecule has 2 rings (SSSR count). The van der Waals surface area contributed by atoms with Crippen molar-refractivity contribution in [3.63, 3.8) is 0 Å². The summed E-state index contributed by atoms with van der Waals surface area (Å²) in [5, 5.41) is 2.77. The molecule has 0 atom stereocenters. The Morgan fingerprint density at radius 3 is 2.58 bits per heavy atom. The maximum Gasteiger partial charge on any atom is 0.412 e. The third kappa shape index (κ3) is 4.16. The first-order valence-corrected chi connectivity index (χ1v) is 6.79. The lowest BCUT2D eigenvalue weighted by atomic mass is 10.2. The van der Waals surface area contributed by atoms with Gasteiger partial charge in [0.2, 0.25) is 0 Å². The zero-order valence-electron chi connectivity index (χ0n) is 11.9. The summed E-state index contributed by atoms with van der Waals surface area (Å²) in [6, 6.07) is 7.91. The van der Waals surface area contributed by atoms with Gasteiger partial charge in [-0.25, -0.2) is 4.79 Å². The van der Waals surface area contributed by atoms with Gasteiger partial charge in [0.1, 0.15) is 5.60 Å². The topological polar surface area (TPSA) is 41.6 Å². The lowest BCUT2D eigenvalue weighted by molar-refractivity contribution is 0.0636. The molecule has 1 heterocycles. The van der Waals surface area contributed by atoms with E-state index in [9.17, 15) is 4.79 Å². The van der Waals surface area contributed by atoms with Crippen molar-refractivity contribution < 1.29 is 9.53 Å². The van der Waals surface area contributed by atoms with Crippen molar-refractivity contribution in [2.24, 2.45) is 0 Å². The number of ether oxygens (including phenoxy) is 1. The third-order valence-corrected chi connectivity index (χ3v) is 2.96. The van der Waals surface area contributed by atoms with E-state index in [1.807, 2.05) is 39.0 Å². The van der Waals surface area contributed by atoms with Crippen molar-refractivity contribution in [3.8, 4) is 0 Å². The Kier molecular flexibility index (Phi) is 3.98. The SMILES string of the molecule is CC(C)(C)OC(=O)Nc1cccc(N2CCCC2)c1. The van der Waals surface area contributed by atoms with Crippen LogP contribution in [0.2, 0.25) is 0 Å². The van der Waals surface area contributed by atoms with E-state index < -0.39 is 11.7 Å². The Balaban J connectivity index is 2.00. The van der Waals surface area contributed by atoms with Gasteiger partial charge in [-0.2, -0.15) is 0 Å². The number of hydrogen-bond acceptors (Lipinski definition) is 3. The Morgan fingerprint density at radius 2 is 1.95 bits per heavy atom. The molecular formula is C15H22N2O2. The lowest BCUT2D eigenvalue weighted by Gasteiger charge is -2.21. The number of amides is 1. The molecular weight excluding hydrogens is 240 g/mol. The van der Waals surface area contributed by atoms with Gasteiger partial charge >= 0.3 is 6.09 Å². The highest BCUT2D eigenvalue weighted by molar-refractivity contribution is 5.85. The maximum atomic E-state index is 11.7. The van der Waals surface area contributed by atoms with E-state index >= 15 is 0 Å². The summed E-state index contributed by atoms with van der Waals surface area (Å²) in [4.78, 5) is 14.0. The van der Waals surface area contributed by atoms with Crippen molar-refractivity contribution in [1.82, 2.24) is 0 Å². The Hall–Kier alpha value is -1.71. The number of rotatable bonds is 2. The number of nitrogens with zero attached hydrogens (tertiary/aromatic N) is 1. The first kappa shape index (κ1) is 13.7. The van der Waals surface area contributed by atoms with Gasteiger partial charge in [-0.05, 0) is 51.8 Å². The van der Waals surface area contributed by atoms with Crippen LogP contribution in [0, 0.1) is 0 Å². The molecule has 0 spiro atoms. The van der Waals surface area contributed by atoms with Gasteiger partial charge in [0.05, 0.1) is 0 Å². The van der Waals surface area contributed by atoms with Crippen molar-refractivity contribution in [2.75, 3.05) is 23.3 Å². The predicted molar refractivity (Wildman–Crippen MR) is 77.7 cm³/mol. The first-order chi connectivity index (χ1) is 8.94. The number of carbonyl (C=O) groups excluding carboxylic acids is 1. The zero-order chi connectivity index (χ0) is 13.9. The minimum Gasteiger partial charge on any atom is -0.444 e. The smallest absolute Gasteiger partial charge is 0.412 e. The summed E-state index contributed by atoms with van der Waals surface area (Å²) in [6.45, 7) is 7.75. The maximum absolute atomic E-state index is 11.7. The molecule has 1 aliphatic heterocycles. The molecule has 1 amide bonds. The van der Waals surface area contributed by atoms with Crippen molar-refractivity contribution in [2.45, 2.75) is 39.2 Å². The second kappa shape index (κ2) is 5.51. The van der Waals surface area contributed by atoms with Gasteiger partial charge in [0.15, 0.2) is 0 Å². The number of nitrogens with one attached hydrogen (secondary N) is 1. The normalized spacial score (nSPS) is 15.4. The molecule has 104 valence electrons. The molecule has 0 bridgehead atoms. The van der Waals surface area contributed by atoms with Gasteiger partial charge in [0, 0.05) is 24.5 Å². The van der Waals surface area contributed by atoms with Crippen LogP contribution in [-0.4, -0.2) is 24.8 Å². The highest BCUT2D eigenvalue weighted by Crippen LogP contribution is 2.23. The van der Waals surface area contributed by atoms with Gasteiger partial charge in [0.25, 0.3) is 0 Å². The van der Waals surface area contributed by atoms with Crippen LogP contribution in [0.1, 0.15) is 33.6 Å². The average Bonchev–Trinajstić information content (AvgIpc) is 2.79. The van der Waals surface area contributed by atoms with Crippen LogP contribution < -0.4 is 10.2 Å². The van der Waals surface area contributed by atoms with E-state index in [1.54, 1.807) is 0 Å². The summed E-state index contributed by atoms with van der Waals surface area (Å²) in [5.41, 5.74) is 1.46. The van der Waals surface area contributed by atoms with Gasteiger partial charge in [-0.3, -0.25) is 5.32 Å². The Bertz CT molecular complexity index is 446. The molecule has 19 heavy (non-hydrogen) atoms. The molecule has 4 heteroatoms. The molecule has 0 unspecified atom stereocenters. The highest BCUT2D eigenvalue weighted by Gasteiger charge is 2.17. The third-order valence-electron chi connectivity index (χ3n) is 2.96. The van der Waals surface area contributed by atoms with Gasteiger partial charge < -0.3 is 9.64 Å². The van der Waals surface area contributed by atoms with Crippen LogP contribution in [-0.2, 0) is 4.74 Å². The molecule has 1 aliphatic rings. The highest BCUT2D eigenvalue weighted by atomic mass is 16.6. The van der Waals surface area contributed by atoms with Crippen LogP contribution >= 0.6 is 0 Å². The summed E-state index contributed by atoms with van der Waals surface area (Å²) < 4.78 is 5.24. The van der Waals surface area contributed by atoms with E-state index in [2.05, 4.69) is 16.3 Å². The number of anilines is 2. The fraction of sp³-hybridized carbons (Fsp3) is 0.533. The molecule has 1 aromatic carbocycles. The number of hydrogen-bond donors (Lipinski definition) is 1. The molecule has 0 aliphatic carbocycles. The van der Waals surface area contributed by atoms with E-state index in [0.29, 0.717) is 0 Å². The second-order valence-corrected chi connectivity index (χ2v) is 5.87. The van der Waals surface area contributed by atoms with Crippen molar-refractivity contribution in [3.05, 3.63) is 24.3 Å². The lowest BCUT2D eigenvalue weighted by Crippen LogP contribution is -2.27. The molecule has 0 aromatic heterocycles. The minimum atomic E-state index is -0.476. The molecule has 1 aromatic rings. The molecule has 4 nitrogen and oxygen atoms in total. The van der Waals surface area contributed by atoms with Crippen LogP contribution in [0.4, 0.5) is 16.2 Å². The largest absolute Gasteiger partial charge is 0.444 e. The quantitative estimate of drug-likeness (QED) is 0.884. The molecule has 1 N–H and O–H groups in total. The fourth-order valence-electron chi connectivity index (χ4n) is 2.18. The van der Waals surface area contributed by atoms with E-state index in [4.69, 9.17) is 4.74 Å². The van der Waals surface area contributed by atoms with Crippen LogP contribution in [0.5, 0.6) is 0 Å². The summed E-state index contributed by atoms with van der Waals surface area (Å²) in [6.07, 6.45) is 2.07. The second-order valence-electron chi connectivity index (χ2n) is 5.87. The number of carbonyl (C=O) groups is 1. The van der Waals surface area contributed by atoms with Crippen LogP contribution in [0.15, 0.2) is 24.3 Å². The molecule has 0 saturated carbocycles. The zero-order valence-corrected chi connectivity index (χ0v) is 11.9. The van der Waals surface area contributed by atoms with E-state index in [1.165, 1.54) is 12.8 Å². The Labute approximate surface area is 114 Å². The average molecular weight is 262 g/mol. The van der Waals surface area contributed by atoms with E-state index in [0.717, 1.165) is 24.5 Å². The molecule has 0 radical (unpaired) electrons. The fourth-order valence-corrected chi connectivity index (χ4v) is 2.18. The first-order valence-electron chi connectivity index (χ1n) is 6.79. The van der Waals surface area contributed by atoms with Crippen molar-refractivity contribution in [1.29, 1.82) is 0 Å². The van der Waals surface area contributed by atoms with Crippen molar-refractivity contribution >= 4 is 17.5 Å². The van der Waals surface area contributed by atoms with Gasteiger partial charge in [-0.15, -0.1) is 0 Å². The standard InChI is InChI=1S/C15H22N2O2/c1-15(2,3)19-14(18)16-12-7-6-8-13(11-12)17-9-4-5-10-17/h6-8,11H,4-5,9-10H2,1-3H3,(H,16,18). The molecule has 1 saturated heterocycles. The Morgan fingerprint density at radius 1 is 1.26 bits per heavy atom. The van der Waals surface area contributed by atoms with Gasteiger partial charge in [-0.1, -0.05) is 6.07 Å². The summed E-state index contributed by atoms with van der Waals surface area (Å²) in [5.74, 6) is 0. The number of benzene rings is 1. The summed E-state index contributed by atoms with van der Waals surface area (Å²) >= 11 is 0. The van der Waals surface area contributed by atoms with E-state index in [-0.39, 0.29) is 0 Å². The monoisotopic (exact) mass is 262 g/mol. The summed E-state index contributed by atoms with van der Waals surface area (Å²) in [7, 11) is 0. The predicted octanol–water partition coefficient (Wildman–Crippen LogP) is 3.63. The minimum absolute atomic E-state index is 0.411. The molecule has 1 fully saturated rings. The van der Waals surface area contributed by atoms with Crippen LogP contribution in [0.25, 0.3) is 0 Å².